The second-order valence-corrected chi connectivity index (χ2v) is 3.79. The van der Waals surface area contributed by atoms with Gasteiger partial charge in [0.1, 0.15) is 11.6 Å². The SMILES string of the molecule is CCCNc1cc(Oc2cc(C)[nH]n2)ccn1. The van der Waals surface area contributed by atoms with Crippen LogP contribution in [-0.4, -0.2) is 21.7 Å². The van der Waals surface area contributed by atoms with Crippen LogP contribution in [0.3, 0.4) is 0 Å². The van der Waals surface area contributed by atoms with Crippen molar-refractivity contribution in [1.82, 2.24) is 15.2 Å². The normalized spacial score (nSPS) is 10.2. The fraction of sp³-hybridized carbons (Fsp3) is 0.333. The highest BCUT2D eigenvalue weighted by Crippen LogP contribution is 2.21. The second kappa shape index (κ2) is 5.34. The predicted octanol–water partition coefficient (Wildman–Crippen LogP) is 2.73. The molecule has 0 aromatic carbocycles. The molecule has 2 rings (SSSR count). The molecule has 2 N–H and O–H groups in total. The van der Waals surface area contributed by atoms with Crippen LogP contribution in [0.15, 0.2) is 24.4 Å². The highest BCUT2D eigenvalue weighted by atomic mass is 16.5. The Bertz CT molecular complexity index is 481. The summed E-state index contributed by atoms with van der Waals surface area (Å²) in [7, 11) is 0. The minimum absolute atomic E-state index is 0.565. The van der Waals surface area contributed by atoms with E-state index in [-0.39, 0.29) is 0 Å². The minimum atomic E-state index is 0.565. The van der Waals surface area contributed by atoms with Gasteiger partial charge in [-0.15, -0.1) is 5.10 Å². The Hall–Kier alpha value is -2.04. The van der Waals surface area contributed by atoms with Gasteiger partial charge in [0.25, 0.3) is 0 Å². The average Bonchev–Trinajstić information content (AvgIpc) is 2.73. The summed E-state index contributed by atoms with van der Waals surface area (Å²) in [5.41, 5.74) is 0.971. The third-order valence-corrected chi connectivity index (χ3v) is 2.19. The van der Waals surface area contributed by atoms with Crippen LogP contribution >= 0.6 is 0 Å². The summed E-state index contributed by atoms with van der Waals surface area (Å²) >= 11 is 0. The van der Waals surface area contributed by atoms with Crippen molar-refractivity contribution in [2.45, 2.75) is 20.3 Å². The topological polar surface area (TPSA) is 62.8 Å². The molecule has 2 aromatic rings. The summed E-state index contributed by atoms with van der Waals surface area (Å²) in [6.07, 6.45) is 2.78. The number of anilines is 1. The number of hydrogen-bond donors (Lipinski definition) is 2. The molecule has 17 heavy (non-hydrogen) atoms. The first-order valence-corrected chi connectivity index (χ1v) is 5.67. The number of aromatic nitrogens is 3. The number of aromatic amines is 1. The fourth-order valence-corrected chi connectivity index (χ4v) is 1.39. The first-order valence-electron chi connectivity index (χ1n) is 5.67. The number of rotatable bonds is 5. The Morgan fingerprint density at radius 2 is 2.29 bits per heavy atom. The number of H-pyrrole nitrogens is 1. The number of nitrogens with one attached hydrogen (secondary N) is 2. The Labute approximate surface area is 100 Å². The lowest BCUT2D eigenvalue weighted by molar-refractivity contribution is 0.461. The maximum atomic E-state index is 5.60. The lowest BCUT2D eigenvalue weighted by atomic mass is 10.4. The summed E-state index contributed by atoms with van der Waals surface area (Å²) in [6.45, 7) is 4.94. The van der Waals surface area contributed by atoms with Gasteiger partial charge >= 0.3 is 0 Å². The summed E-state index contributed by atoms with van der Waals surface area (Å²) in [4.78, 5) is 4.20. The molecule has 2 aromatic heterocycles. The van der Waals surface area contributed by atoms with Crippen molar-refractivity contribution in [3.05, 3.63) is 30.1 Å². The Kier molecular flexibility index (Phi) is 3.59. The Morgan fingerprint density at radius 3 is 3.00 bits per heavy atom. The summed E-state index contributed by atoms with van der Waals surface area (Å²) < 4.78 is 5.60. The third kappa shape index (κ3) is 3.21. The van der Waals surface area contributed by atoms with Crippen LogP contribution in [0, 0.1) is 6.92 Å². The molecule has 2 heterocycles. The molecular weight excluding hydrogens is 216 g/mol. The molecule has 0 atom stereocenters. The largest absolute Gasteiger partial charge is 0.437 e. The van der Waals surface area contributed by atoms with Gasteiger partial charge in [-0.25, -0.2) is 4.98 Å². The van der Waals surface area contributed by atoms with Crippen molar-refractivity contribution in [1.29, 1.82) is 0 Å². The monoisotopic (exact) mass is 232 g/mol. The Balaban J connectivity index is 2.05. The Morgan fingerprint density at radius 1 is 1.41 bits per heavy atom. The quantitative estimate of drug-likeness (QED) is 0.832. The van der Waals surface area contributed by atoms with Crippen molar-refractivity contribution in [3.63, 3.8) is 0 Å². The molecule has 0 saturated heterocycles. The van der Waals surface area contributed by atoms with Gasteiger partial charge in [0.15, 0.2) is 0 Å². The summed E-state index contributed by atoms with van der Waals surface area (Å²) in [5, 5.41) is 10.1. The summed E-state index contributed by atoms with van der Waals surface area (Å²) in [6, 6.07) is 5.51. The van der Waals surface area contributed by atoms with Gasteiger partial charge in [-0.05, 0) is 19.4 Å². The van der Waals surface area contributed by atoms with Crippen molar-refractivity contribution < 1.29 is 4.74 Å². The van der Waals surface area contributed by atoms with Gasteiger partial charge in [-0.1, -0.05) is 6.92 Å². The molecule has 0 aliphatic rings. The van der Waals surface area contributed by atoms with Crippen LogP contribution in [0.2, 0.25) is 0 Å². The zero-order valence-corrected chi connectivity index (χ0v) is 10.0. The first-order chi connectivity index (χ1) is 8.28. The minimum Gasteiger partial charge on any atom is -0.437 e. The van der Waals surface area contributed by atoms with E-state index in [1.807, 2.05) is 19.1 Å². The van der Waals surface area contributed by atoms with Crippen LogP contribution in [0.5, 0.6) is 11.6 Å². The van der Waals surface area contributed by atoms with Gasteiger partial charge in [0, 0.05) is 30.6 Å². The van der Waals surface area contributed by atoms with E-state index in [1.165, 1.54) is 0 Å². The molecule has 5 nitrogen and oxygen atoms in total. The molecule has 0 unspecified atom stereocenters. The highest BCUT2D eigenvalue weighted by Gasteiger charge is 2.02. The first kappa shape index (κ1) is 11.4. The lowest BCUT2D eigenvalue weighted by Gasteiger charge is -2.06. The average molecular weight is 232 g/mol. The molecule has 0 aliphatic heterocycles. The van der Waals surface area contributed by atoms with Gasteiger partial charge in [0.05, 0.1) is 0 Å². The summed E-state index contributed by atoms with van der Waals surface area (Å²) in [5.74, 6) is 2.11. The maximum Gasteiger partial charge on any atom is 0.238 e. The third-order valence-electron chi connectivity index (χ3n) is 2.19. The fourth-order valence-electron chi connectivity index (χ4n) is 1.39. The lowest BCUT2D eigenvalue weighted by Crippen LogP contribution is -2.01. The molecule has 5 heteroatoms. The molecular formula is C12H16N4O. The van der Waals surface area contributed by atoms with Crippen LogP contribution in [0.4, 0.5) is 5.82 Å². The predicted molar refractivity (Wildman–Crippen MR) is 66.4 cm³/mol. The van der Waals surface area contributed by atoms with Crippen LogP contribution < -0.4 is 10.1 Å². The molecule has 0 saturated carbocycles. The standard InChI is InChI=1S/C12H16N4O/c1-3-5-13-11-8-10(4-6-14-11)17-12-7-9(2)15-16-12/h4,6-8H,3,5H2,1-2H3,(H,13,14)(H,15,16). The number of nitrogens with zero attached hydrogens (tertiary/aromatic N) is 2. The van der Waals surface area contributed by atoms with E-state index in [0.29, 0.717) is 5.88 Å². The van der Waals surface area contributed by atoms with Crippen LogP contribution in [0.1, 0.15) is 19.0 Å². The zero-order chi connectivity index (χ0) is 12.1. The van der Waals surface area contributed by atoms with Gasteiger partial charge < -0.3 is 10.1 Å². The van der Waals surface area contributed by atoms with Crippen LogP contribution in [-0.2, 0) is 0 Å². The maximum absolute atomic E-state index is 5.60. The number of hydrogen-bond acceptors (Lipinski definition) is 4. The highest BCUT2D eigenvalue weighted by molar-refractivity contribution is 5.41. The molecule has 90 valence electrons. The van der Waals surface area contributed by atoms with E-state index in [0.717, 1.165) is 30.2 Å². The van der Waals surface area contributed by atoms with E-state index < -0.39 is 0 Å². The molecule has 0 fully saturated rings. The second-order valence-electron chi connectivity index (χ2n) is 3.79. The van der Waals surface area contributed by atoms with Crippen molar-refractivity contribution in [2.75, 3.05) is 11.9 Å². The molecule has 0 radical (unpaired) electrons. The van der Waals surface area contributed by atoms with E-state index in [1.54, 1.807) is 12.3 Å². The zero-order valence-electron chi connectivity index (χ0n) is 10.0. The van der Waals surface area contributed by atoms with Gasteiger partial charge in [0.2, 0.25) is 5.88 Å². The molecule has 0 amide bonds. The van der Waals surface area contributed by atoms with Crippen molar-refractivity contribution in [3.8, 4) is 11.6 Å². The van der Waals surface area contributed by atoms with E-state index in [2.05, 4.69) is 27.4 Å². The molecule has 0 bridgehead atoms. The number of pyridine rings is 1. The van der Waals surface area contributed by atoms with E-state index in [4.69, 9.17) is 4.74 Å². The van der Waals surface area contributed by atoms with Crippen LogP contribution in [0.25, 0.3) is 0 Å². The number of ether oxygens (including phenoxy) is 1. The van der Waals surface area contributed by atoms with Crippen molar-refractivity contribution in [2.24, 2.45) is 0 Å². The van der Waals surface area contributed by atoms with Gasteiger partial charge in [-0.3, -0.25) is 5.10 Å². The number of aryl methyl sites for hydroxylation is 1. The van der Waals surface area contributed by atoms with E-state index >= 15 is 0 Å². The molecule has 0 spiro atoms. The van der Waals surface area contributed by atoms with Gasteiger partial charge in [-0.2, -0.15) is 0 Å². The van der Waals surface area contributed by atoms with E-state index in [9.17, 15) is 0 Å². The molecule has 0 aliphatic carbocycles. The van der Waals surface area contributed by atoms with Crippen molar-refractivity contribution >= 4 is 5.82 Å². The smallest absolute Gasteiger partial charge is 0.238 e.